The minimum absolute atomic E-state index is 0.000836. The molecule has 0 fully saturated rings. The van der Waals surface area contributed by atoms with Crippen molar-refractivity contribution in [3.8, 4) is 0 Å². The summed E-state index contributed by atoms with van der Waals surface area (Å²) in [6.45, 7) is 57.6. The van der Waals surface area contributed by atoms with E-state index in [0.29, 0.717) is 19.3 Å². The maximum Gasteiger partial charge on any atom is 0.312 e. The summed E-state index contributed by atoms with van der Waals surface area (Å²) in [5, 5.41) is 0. The van der Waals surface area contributed by atoms with Crippen molar-refractivity contribution in [3.63, 3.8) is 0 Å². The van der Waals surface area contributed by atoms with Crippen molar-refractivity contribution in [1.29, 1.82) is 0 Å². The van der Waals surface area contributed by atoms with Gasteiger partial charge in [0.2, 0.25) is 0 Å². The molecule has 0 saturated heterocycles. The lowest BCUT2D eigenvalue weighted by Crippen LogP contribution is -2.40. The number of esters is 3. The highest BCUT2D eigenvalue weighted by Crippen LogP contribution is 2.43. The van der Waals surface area contributed by atoms with Gasteiger partial charge < -0.3 is 14.2 Å². The number of hydrogen-bond acceptors (Lipinski definition) is 6. The molecule has 0 rings (SSSR count). The van der Waals surface area contributed by atoms with Crippen LogP contribution in [0.1, 0.15) is 225 Å². The molecule has 0 aliphatic heterocycles. The van der Waals surface area contributed by atoms with Crippen LogP contribution in [0.3, 0.4) is 0 Å². The van der Waals surface area contributed by atoms with Crippen LogP contribution in [0.25, 0.3) is 0 Å². The van der Waals surface area contributed by atoms with Crippen LogP contribution < -0.4 is 0 Å². The Morgan fingerprint density at radius 2 is 0.508 bits per heavy atom. The zero-order valence-electron chi connectivity index (χ0n) is 46.6. The Balaban J connectivity index is 6.45. The first-order chi connectivity index (χ1) is 27.4. The summed E-state index contributed by atoms with van der Waals surface area (Å²) in [6, 6.07) is 0. The third kappa shape index (κ3) is 26.4. The van der Waals surface area contributed by atoms with Gasteiger partial charge in [-0.1, -0.05) is 182 Å². The Morgan fingerprint density at radius 1 is 0.317 bits per heavy atom. The van der Waals surface area contributed by atoms with Gasteiger partial charge in [-0.15, -0.1) is 0 Å². The van der Waals surface area contributed by atoms with Crippen LogP contribution in [-0.2, 0) is 28.6 Å². The molecule has 63 heavy (non-hydrogen) atoms. The van der Waals surface area contributed by atoms with Crippen LogP contribution in [0.15, 0.2) is 36.5 Å². The lowest BCUT2D eigenvalue weighted by Gasteiger charge is -2.35. The summed E-state index contributed by atoms with van der Waals surface area (Å²) < 4.78 is 18.2. The van der Waals surface area contributed by atoms with Crippen LogP contribution in [0.2, 0.25) is 0 Å². The van der Waals surface area contributed by atoms with Gasteiger partial charge in [-0.25, -0.2) is 0 Å². The first-order valence-corrected chi connectivity index (χ1v) is 24.1. The second-order valence-corrected chi connectivity index (χ2v) is 29.6. The van der Waals surface area contributed by atoms with Gasteiger partial charge in [0.1, 0.15) is 13.2 Å². The summed E-state index contributed by atoms with van der Waals surface area (Å²) in [6.07, 6.45) is 17.3. The van der Waals surface area contributed by atoms with E-state index < -0.39 is 40.3 Å². The second kappa shape index (κ2) is 21.1. The summed E-state index contributed by atoms with van der Waals surface area (Å²) in [7, 11) is 0. The molecule has 0 heterocycles. The van der Waals surface area contributed by atoms with E-state index in [1.165, 1.54) is 0 Å². The van der Waals surface area contributed by atoms with E-state index in [2.05, 4.69) is 182 Å². The molecule has 6 heteroatoms. The van der Waals surface area contributed by atoms with Crippen molar-refractivity contribution in [2.75, 3.05) is 13.2 Å². The van der Waals surface area contributed by atoms with Crippen LogP contribution in [-0.4, -0.2) is 37.2 Å². The monoisotopic (exact) mass is 885 g/mol. The topological polar surface area (TPSA) is 78.9 Å². The molecular formula is C57H104O6. The smallest absolute Gasteiger partial charge is 0.312 e. The summed E-state index contributed by atoms with van der Waals surface area (Å²) in [5.41, 5.74) is -2.91. The molecule has 0 radical (unpaired) electrons. The summed E-state index contributed by atoms with van der Waals surface area (Å²) in [4.78, 5) is 41.9. The summed E-state index contributed by atoms with van der Waals surface area (Å²) >= 11 is 0. The Morgan fingerprint density at radius 3 is 0.714 bits per heavy atom. The number of hydrogen-bond donors (Lipinski definition) is 0. The van der Waals surface area contributed by atoms with E-state index in [9.17, 15) is 14.4 Å². The van der Waals surface area contributed by atoms with Gasteiger partial charge in [0.05, 0.1) is 16.2 Å². The molecule has 0 amide bonds. The molecule has 0 bridgehead atoms. The van der Waals surface area contributed by atoms with E-state index in [1.807, 2.05) is 41.5 Å². The third-order valence-corrected chi connectivity index (χ3v) is 11.3. The number of ether oxygens (including phenoxy) is 3. The molecule has 0 aromatic rings. The molecule has 0 saturated carbocycles. The highest BCUT2D eigenvalue weighted by molar-refractivity contribution is 5.78. The van der Waals surface area contributed by atoms with Crippen molar-refractivity contribution < 1.29 is 28.6 Å². The first kappa shape index (κ1) is 60.6. The Kier molecular flexibility index (Phi) is 20.3. The first-order valence-electron chi connectivity index (χ1n) is 24.1. The lowest BCUT2D eigenvalue weighted by atomic mass is 9.72. The maximum atomic E-state index is 14.1. The van der Waals surface area contributed by atoms with Crippen LogP contribution in [0.5, 0.6) is 0 Å². The van der Waals surface area contributed by atoms with Gasteiger partial charge in [-0.2, -0.15) is 0 Å². The average Bonchev–Trinajstić information content (AvgIpc) is 2.98. The molecule has 368 valence electrons. The molecule has 0 aromatic carbocycles. The molecule has 0 aromatic heterocycles. The van der Waals surface area contributed by atoms with Crippen LogP contribution in [0.4, 0.5) is 0 Å². The quantitative estimate of drug-likeness (QED) is 0.0578. The molecule has 0 spiro atoms. The van der Waals surface area contributed by atoms with Crippen LogP contribution in [0, 0.1) is 65.0 Å². The zero-order chi connectivity index (χ0) is 50.3. The third-order valence-electron chi connectivity index (χ3n) is 11.3. The normalized spacial score (nSPS) is 15.7. The van der Waals surface area contributed by atoms with E-state index in [-0.39, 0.29) is 61.9 Å². The van der Waals surface area contributed by atoms with E-state index in [1.54, 1.807) is 0 Å². The van der Waals surface area contributed by atoms with Gasteiger partial charge in [-0.3, -0.25) is 14.4 Å². The SMILES string of the molecule is CC(C)(C)CC(C)(C)C=CC(C)(C)CC(C)(C)C(=O)OCC(COC(=O)C(C)(C)CC(C)(C)C=CC(C)(C)CC(C)(C)C)OC(=O)C(C)(C)CC(C)(C)C=CC(C)(C)CC(C)(C)C. The second-order valence-electron chi connectivity index (χ2n) is 29.6. The van der Waals surface area contributed by atoms with Crippen LogP contribution >= 0.6 is 0 Å². The standard InChI is InChI=1S/C57H104O6/c1-46(2,3)36-49(10,11)28-31-52(16,17)39-55(22,23)43(58)61-34-42(63-45(60)57(26,27)41-54(20,21)33-30-51(14,15)38-48(7,8)9)35-62-44(59)56(24,25)40-53(18,19)32-29-50(12,13)37-47(4,5)6/h28-33,42H,34-41H2,1-27H3. The fourth-order valence-electron chi connectivity index (χ4n) is 10.6. The molecular weight excluding hydrogens is 781 g/mol. The van der Waals surface area contributed by atoms with E-state index in [0.717, 1.165) is 19.3 Å². The molecule has 0 unspecified atom stereocenters. The number of allylic oxidation sites excluding steroid dienone is 6. The number of rotatable bonds is 23. The fourth-order valence-corrected chi connectivity index (χ4v) is 10.6. The molecule has 0 aliphatic carbocycles. The van der Waals surface area contributed by atoms with Gasteiger partial charge >= 0.3 is 17.9 Å². The molecule has 0 aliphatic rings. The van der Waals surface area contributed by atoms with Gasteiger partial charge in [0, 0.05) is 0 Å². The van der Waals surface area contributed by atoms with Gasteiger partial charge in [0.25, 0.3) is 0 Å². The number of carbonyl (C=O) groups excluding carboxylic acids is 3. The van der Waals surface area contributed by atoms with Gasteiger partial charge in [0.15, 0.2) is 6.10 Å². The van der Waals surface area contributed by atoms with E-state index >= 15 is 0 Å². The largest absolute Gasteiger partial charge is 0.461 e. The number of carbonyl (C=O) groups is 3. The predicted molar refractivity (Wildman–Crippen MR) is 269 cm³/mol. The van der Waals surface area contributed by atoms with Gasteiger partial charge in [-0.05, 0) is 129 Å². The average molecular weight is 885 g/mol. The van der Waals surface area contributed by atoms with Crippen molar-refractivity contribution in [2.24, 2.45) is 65.0 Å². The fraction of sp³-hybridized carbons (Fsp3) is 0.842. The summed E-state index contributed by atoms with van der Waals surface area (Å²) in [5.74, 6) is -1.21. The Hall–Kier alpha value is -2.37. The highest BCUT2D eigenvalue weighted by atomic mass is 16.6. The predicted octanol–water partition coefficient (Wildman–Crippen LogP) is 16.4. The maximum absolute atomic E-state index is 14.1. The van der Waals surface area contributed by atoms with Crippen molar-refractivity contribution in [1.82, 2.24) is 0 Å². The zero-order valence-corrected chi connectivity index (χ0v) is 46.6. The molecule has 0 N–H and O–H groups in total. The molecule has 6 nitrogen and oxygen atoms in total. The Labute approximate surface area is 391 Å². The minimum atomic E-state index is -0.988. The van der Waals surface area contributed by atoms with E-state index in [4.69, 9.17) is 14.2 Å². The molecule has 0 atom stereocenters. The minimum Gasteiger partial charge on any atom is -0.461 e. The van der Waals surface area contributed by atoms with Crippen molar-refractivity contribution in [3.05, 3.63) is 36.5 Å². The Bertz CT molecular complexity index is 1500. The van der Waals surface area contributed by atoms with Crippen molar-refractivity contribution in [2.45, 2.75) is 232 Å². The highest BCUT2D eigenvalue weighted by Gasteiger charge is 2.41. The van der Waals surface area contributed by atoms with Crippen molar-refractivity contribution >= 4 is 17.9 Å². The lowest BCUT2D eigenvalue weighted by molar-refractivity contribution is -0.179.